The second-order valence-corrected chi connectivity index (χ2v) is 5.02. The molecule has 0 aromatic heterocycles. The molecular formula is C6H11F2O4P. The Labute approximate surface area is 73.7 Å². The molecule has 0 spiro atoms. The molecule has 1 rings (SSSR count). The molecule has 0 saturated heterocycles. The highest BCUT2D eigenvalue weighted by Gasteiger charge is 2.67. The third kappa shape index (κ3) is 2.47. The highest BCUT2D eigenvalue weighted by atomic mass is 31.2. The second-order valence-electron chi connectivity index (χ2n) is 3.25. The van der Waals surface area contributed by atoms with Crippen molar-refractivity contribution in [3.63, 3.8) is 0 Å². The van der Waals surface area contributed by atoms with E-state index in [1.807, 2.05) is 0 Å². The van der Waals surface area contributed by atoms with Crippen molar-refractivity contribution in [3.8, 4) is 0 Å². The summed E-state index contributed by atoms with van der Waals surface area (Å²) in [4.78, 5) is 16.9. The molecular weight excluding hydrogens is 205 g/mol. The molecule has 1 saturated carbocycles. The zero-order valence-electron chi connectivity index (χ0n) is 6.73. The van der Waals surface area contributed by atoms with Gasteiger partial charge in [0.25, 0.3) is 5.92 Å². The molecule has 0 radical (unpaired) electrons. The van der Waals surface area contributed by atoms with Crippen LogP contribution in [0.4, 0.5) is 8.78 Å². The summed E-state index contributed by atoms with van der Waals surface area (Å²) in [6, 6.07) is 0. The van der Waals surface area contributed by atoms with Gasteiger partial charge >= 0.3 is 7.60 Å². The van der Waals surface area contributed by atoms with Crippen molar-refractivity contribution in [1.82, 2.24) is 0 Å². The number of hydrogen-bond acceptors (Lipinski definition) is 2. The highest BCUT2D eigenvalue weighted by Crippen LogP contribution is 2.58. The van der Waals surface area contributed by atoms with Gasteiger partial charge in [0, 0.05) is 5.92 Å². The quantitative estimate of drug-likeness (QED) is 0.595. The number of rotatable bonds is 4. The molecule has 4 nitrogen and oxygen atoms in total. The minimum absolute atomic E-state index is 0.234. The van der Waals surface area contributed by atoms with E-state index in [1.165, 1.54) is 0 Å². The predicted molar refractivity (Wildman–Crippen MR) is 40.5 cm³/mol. The average molecular weight is 216 g/mol. The summed E-state index contributed by atoms with van der Waals surface area (Å²) in [6.45, 7) is -0.626. The Morgan fingerprint density at radius 3 is 2.15 bits per heavy atom. The zero-order chi connectivity index (χ0) is 10.3. The van der Waals surface area contributed by atoms with E-state index in [4.69, 9.17) is 14.9 Å². The highest BCUT2D eigenvalue weighted by molar-refractivity contribution is 7.51. The van der Waals surface area contributed by atoms with Crippen LogP contribution in [0, 0.1) is 11.8 Å². The van der Waals surface area contributed by atoms with Crippen molar-refractivity contribution in [2.75, 3.05) is 12.8 Å². The van der Waals surface area contributed by atoms with Crippen LogP contribution in [0.15, 0.2) is 0 Å². The normalized spacial score (nSPS) is 31.8. The lowest BCUT2D eigenvalue weighted by molar-refractivity contribution is 0.0717. The van der Waals surface area contributed by atoms with Crippen molar-refractivity contribution >= 4 is 7.60 Å². The molecule has 0 aromatic rings. The standard InChI is InChI=1S/C6H11F2O4P/c7-6(8)4(5(6)3-9)1-2-13(10,11)12/h4-5,9H,1-3H2,(H2,10,11,12). The number of aliphatic hydroxyl groups excluding tert-OH is 1. The third-order valence-corrected chi connectivity index (χ3v) is 3.13. The van der Waals surface area contributed by atoms with Gasteiger partial charge in [0.15, 0.2) is 0 Å². The predicted octanol–water partition coefficient (Wildman–Crippen LogP) is 0.428. The maximum Gasteiger partial charge on any atom is 0.325 e. The summed E-state index contributed by atoms with van der Waals surface area (Å²) in [5.41, 5.74) is 0. The van der Waals surface area contributed by atoms with E-state index >= 15 is 0 Å². The Morgan fingerprint density at radius 1 is 1.31 bits per heavy atom. The first-order valence-corrected chi connectivity index (χ1v) is 5.62. The molecule has 0 amide bonds. The van der Waals surface area contributed by atoms with Crippen LogP contribution in [0.3, 0.4) is 0 Å². The van der Waals surface area contributed by atoms with E-state index < -0.39 is 38.1 Å². The van der Waals surface area contributed by atoms with Gasteiger partial charge in [-0.05, 0) is 6.42 Å². The van der Waals surface area contributed by atoms with E-state index in [0.717, 1.165) is 0 Å². The summed E-state index contributed by atoms with van der Waals surface area (Å²) in [7, 11) is -4.19. The van der Waals surface area contributed by atoms with Gasteiger partial charge in [-0.15, -0.1) is 0 Å². The minimum Gasteiger partial charge on any atom is -0.396 e. The number of hydrogen-bond donors (Lipinski definition) is 3. The smallest absolute Gasteiger partial charge is 0.325 e. The molecule has 1 aliphatic carbocycles. The van der Waals surface area contributed by atoms with Gasteiger partial charge in [-0.3, -0.25) is 4.57 Å². The largest absolute Gasteiger partial charge is 0.396 e. The minimum atomic E-state index is -4.19. The van der Waals surface area contributed by atoms with E-state index in [0.29, 0.717) is 0 Å². The number of halogens is 2. The van der Waals surface area contributed by atoms with Gasteiger partial charge in [-0.25, -0.2) is 8.78 Å². The van der Waals surface area contributed by atoms with Crippen molar-refractivity contribution < 1.29 is 28.2 Å². The first kappa shape index (κ1) is 11.0. The maximum atomic E-state index is 12.6. The fourth-order valence-corrected chi connectivity index (χ4v) is 2.02. The van der Waals surface area contributed by atoms with Gasteiger partial charge in [-0.2, -0.15) is 0 Å². The molecule has 2 unspecified atom stereocenters. The van der Waals surface area contributed by atoms with E-state index in [1.54, 1.807) is 0 Å². The van der Waals surface area contributed by atoms with E-state index in [9.17, 15) is 13.3 Å². The lowest BCUT2D eigenvalue weighted by Gasteiger charge is -2.01. The number of aliphatic hydroxyl groups is 1. The van der Waals surface area contributed by atoms with Gasteiger partial charge in [0.2, 0.25) is 0 Å². The van der Waals surface area contributed by atoms with Crippen molar-refractivity contribution in [2.24, 2.45) is 11.8 Å². The van der Waals surface area contributed by atoms with Crippen LogP contribution in [0.25, 0.3) is 0 Å². The van der Waals surface area contributed by atoms with Gasteiger partial charge in [-0.1, -0.05) is 0 Å². The molecule has 78 valence electrons. The topological polar surface area (TPSA) is 77.8 Å². The zero-order valence-corrected chi connectivity index (χ0v) is 7.62. The second kappa shape index (κ2) is 3.28. The molecule has 7 heteroatoms. The molecule has 1 aliphatic rings. The first-order chi connectivity index (χ1) is 5.79. The van der Waals surface area contributed by atoms with Crippen LogP contribution in [0.2, 0.25) is 0 Å². The first-order valence-electron chi connectivity index (χ1n) is 3.82. The molecule has 0 bridgehead atoms. The Hall–Kier alpha value is -0.0300. The van der Waals surface area contributed by atoms with Crippen molar-refractivity contribution in [1.29, 1.82) is 0 Å². The Bertz CT molecular complexity index is 239. The lowest BCUT2D eigenvalue weighted by atomic mass is 10.3. The summed E-state index contributed by atoms with van der Waals surface area (Å²) >= 11 is 0. The molecule has 0 aromatic carbocycles. The lowest BCUT2D eigenvalue weighted by Crippen LogP contribution is -1.98. The van der Waals surface area contributed by atoms with Crippen LogP contribution in [-0.4, -0.2) is 33.6 Å². The fourth-order valence-electron chi connectivity index (χ4n) is 1.41. The Kier molecular flexibility index (Phi) is 2.78. The van der Waals surface area contributed by atoms with E-state index in [-0.39, 0.29) is 6.42 Å². The summed E-state index contributed by atoms with van der Waals surface area (Å²) in [5, 5.41) is 8.47. The molecule has 0 heterocycles. The maximum absolute atomic E-state index is 12.6. The summed E-state index contributed by atoms with van der Waals surface area (Å²) < 4.78 is 35.6. The summed E-state index contributed by atoms with van der Waals surface area (Å²) in [5.74, 6) is -5.12. The van der Waals surface area contributed by atoms with Crippen LogP contribution >= 0.6 is 7.60 Å². The number of alkyl halides is 2. The molecule has 0 aliphatic heterocycles. The molecule has 3 N–H and O–H groups in total. The third-order valence-electron chi connectivity index (χ3n) is 2.29. The monoisotopic (exact) mass is 216 g/mol. The van der Waals surface area contributed by atoms with Crippen LogP contribution in [-0.2, 0) is 4.57 Å². The van der Waals surface area contributed by atoms with Crippen LogP contribution in [0.1, 0.15) is 6.42 Å². The van der Waals surface area contributed by atoms with Gasteiger partial charge < -0.3 is 14.9 Å². The molecule has 2 atom stereocenters. The van der Waals surface area contributed by atoms with Gasteiger partial charge in [0.05, 0.1) is 18.7 Å². The average Bonchev–Trinajstić information content (AvgIpc) is 2.46. The van der Waals surface area contributed by atoms with Crippen LogP contribution < -0.4 is 0 Å². The van der Waals surface area contributed by atoms with Crippen LogP contribution in [0.5, 0.6) is 0 Å². The molecule has 1 fully saturated rings. The van der Waals surface area contributed by atoms with Crippen molar-refractivity contribution in [3.05, 3.63) is 0 Å². The van der Waals surface area contributed by atoms with Crippen molar-refractivity contribution in [2.45, 2.75) is 12.3 Å². The SMILES string of the molecule is O=P(O)(O)CCC1C(CO)C1(F)F. The Balaban J connectivity index is 2.38. The van der Waals surface area contributed by atoms with E-state index in [2.05, 4.69) is 0 Å². The Morgan fingerprint density at radius 2 is 1.85 bits per heavy atom. The molecule has 13 heavy (non-hydrogen) atoms. The van der Waals surface area contributed by atoms with Gasteiger partial charge in [0.1, 0.15) is 0 Å². The fraction of sp³-hybridized carbons (Fsp3) is 1.00. The summed E-state index contributed by atoms with van der Waals surface area (Å²) in [6.07, 6.45) is -0.772.